The maximum absolute atomic E-state index is 12.0. The van der Waals surface area contributed by atoms with Gasteiger partial charge in [-0.3, -0.25) is 19.1 Å². The molecule has 3 rings (SSSR count). The largest absolute Gasteiger partial charge is 0.372 e. The lowest BCUT2D eigenvalue weighted by Gasteiger charge is -2.08. The molecule has 0 aliphatic heterocycles. The number of nitrogens with zero attached hydrogens (tertiary/aromatic N) is 1. The van der Waals surface area contributed by atoms with E-state index in [2.05, 4.69) is 10.3 Å². The molecule has 0 unspecified atom stereocenters. The molecule has 28 heavy (non-hydrogen) atoms. The van der Waals surface area contributed by atoms with E-state index in [0.29, 0.717) is 19.8 Å². The Kier molecular flexibility index (Phi) is 6.54. The molecule has 1 aromatic heterocycles. The van der Waals surface area contributed by atoms with Crippen LogP contribution in [0.1, 0.15) is 16.7 Å². The Morgan fingerprint density at radius 3 is 2.21 bits per heavy atom. The fourth-order valence-corrected chi connectivity index (χ4v) is 2.59. The van der Waals surface area contributed by atoms with Crippen molar-refractivity contribution in [3.05, 3.63) is 104 Å². The second-order valence-electron chi connectivity index (χ2n) is 6.31. The van der Waals surface area contributed by atoms with E-state index in [1.54, 1.807) is 0 Å². The molecule has 1 heterocycles. The van der Waals surface area contributed by atoms with Crippen molar-refractivity contribution in [3.8, 4) is 0 Å². The minimum absolute atomic E-state index is 0.152. The zero-order valence-corrected chi connectivity index (χ0v) is 15.3. The lowest BCUT2D eigenvalue weighted by Crippen LogP contribution is -2.35. The van der Waals surface area contributed by atoms with Crippen LogP contribution in [-0.4, -0.2) is 15.5 Å². The van der Waals surface area contributed by atoms with Crippen molar-refractivity contribution >= 4 is 5.91 Å². The number of carbonyl (C=O) groups excluding carboxylic acids is 1. The topological polar surface area (TPSA) is 93.2 Å². The quantitative estimate of drug-likeness (QED) is 0.621. The Bertz CT molecular complexity index is 1020. The van der Waals surface area contributed by atoms with Crippen molar-refractivity contribution in [2.75, 3.05) is 0 Å². The third-order valence-electron chi connectivity index (χ3n) is 4.10. The van der Waals surface area contributed by atoms with E-state index in [1.165, 1.54) is 12.3 Å². The Morgan fingerprint density at radius 1 is 0.893 bits per heavy atom. The molecular weight excluding hydrogens is 358 g/mol. The van der Waals surface area contributed by atoms with Gasteiger partial charge in [0.05, 0.1) is 13.2 Å². The van der Waals surface area contributed by atoms with Crippen LogP contribution in [0.3, 0.4) is 0 Å². The highest BCUT2D eigenvalue weighted by molar-refractivity contribution is 5.75. The lowest BCUT2D eigenvalue weighted by atomic mass is 10.1. The van der Waals surface area contributed by atoms with E-state index in [-0.39, 0.29) is 12.5 Å². The molecule has 0 fully saturated rings. The van der Waals surface area contributed by atoms with Gasteiger partial charge >= 0.3 is 5.69 Å². The first-order chi connectivity index (χ1) is 13.6. The molecule has 144 valence electrons. The summed E-state index contributed by atoms with van der Waals surface area (Å²) >= 11 is 0. The second kappa shape index (κ2) is 9.48. The summed E-state index contributed by atoms with van der Waals surface area (Å²) < 4.78 is 6.85. The Labute approximate surface area is 161 Å². The average Bonchev–Trinajstić information content (AvgIpc) is 2.70. The number of carbonyl (C=O) groups is 1. The highest BCUT2D eigenvalue weighted by atomic mass is 16.5. The normalized spacial score (nSPS) is 10.6. The van der Waals surface area contributed by atoms with Crippen molar-refractivity contribution in [2.24, 2.45) is 0 Å². The molecule has 0 aliphatic carbocycles. The maximum atomic E-state index is 12.0. The van der Waals surface area contributed by atoms with E-state index in [0.717, 1.165) is 21.3 Å². The predicted molar refractivity (Wildman–Crippen MR) is 105 cm³/mol. The molecule has 0 spiro atoms. The SMILES string of the molecule is O=C(Cn1ccc(=O)[nH]c1=O)NCc1ccc(COCc2ccccc2)cc1. The number of aromatic amines is 1. The van der Waals surface area contributed by atoms with Gasteiger partial charge in [-0.1, -0.05) is 54.6 Å². The van der Waals surface area contributed by atoms with Crippen LogP contribution >= 0.6 is 0 Å². The first-order valence-corrected chi connectivity index (χ1v) is 8.86. The van der Waals surface area contributed by atoms with Gasteiger partial charge in [0.25, 0.3) is 5.56 Å². The summed E-state index contributed by atoms with van der Waals surface area (Å²) in [5.41, 5.74) is 2.01. The smallest absolute Gasteiger partial charge is 0.328 e. The molecule has 0 saturated carbocycles. The molecule has 0 atom stereocenters. The van der Waals surface area contributed by atoms with E-state index in [1.807, 2.05) is 54.6 Å². The van der Waals surface area contributed by atoms with Gasteiger partial charge in [0, 0.05) is 18.8 Å². The van der Waals surface area contributed by atoms with Crippen molar-refractivity contribution in [1.82, 2.24) is 14.9 Å². The second-order valence-corrected chi connectivity index (χ2v) is 6.31. The minimum atomic E-state index is -0.609. The maximum Gasteiger partial charge on any atom is 0.328 e. The highest BCUT2D eigenvalue weighted by Crippen LogP contribution is 2.08. The van der Waals surface area contributed by atoms with Crippen LogP contribution in [-0.2, 0) is 35.8 Å². The summed E-state index contributed by atoms with van der Waals surface area (Å²) in [6, 6.07) is 18.9. The third kappa shape index (κ3) is 5.78. The number of hydrogen-bond donors (Lipinski definition) is 2. The molecule has 0 bridgehead atoms. The zero-order valence-electron chi connectivity index (χ0n) is 15.3. The first-order valence-electron chi connectivity index (χ1n) is 8.86. The molecule has 0 aliphatic rings. The van der Waals surface area contributed by atoms with Crippen LogP contribution in [0, 0.1) is 0 Å². The van der Waals surface area contributed by atoms with E-state index >= 15 is 0 Å². The van der Waals surface area contributed by atoms with Gasteiger partial charge in [0.1, 0.15) is 6.54 Å². The number of nitrogens with one attached hydrogen (secondary N) is 2. The third-order valence-corrected chi connectivity index (χ3v) is 4.10. The van der Waals surface area contributed by atoms with Gasteiger partial charge in [0.15, 0.2) is 0 Å². The Balaban J connectivity index is 1.44. The van der Waals surface area contributed by atoms with E-state index in [4.69, 9.17) is 4.74 Å². The predicted octanol–water partition coefficient (Wildman–Crippen LogP) is 1.57. The van der Waals surface area contributed by atoms with Crippen LogP contribution in [0.25, 0.3) is 0 Å². The monoisotopic (exact) mass is 379 g/mol. The summed E-state index contributed by atoms with van der Waals surface area (Å²) in [6.07, 6.45) is 1.30. The molecule has 2 aromatic carbocycles. The van der Waals surface area contributed by atoms with Crippen LogP contribution in [0.2, 0.25) is 0 Å². The summed E-state index contributed by atoms with van der Waals surface area (Å²) in [7, 11) is 0. The lowest BCUT2D eigenvalue weighted by molar-refractivity contribution is -0.121. The standard InChI is InChI=1S/C21H21N3O4/c25-19-10-11-24(21(27)23-19)13-20(26)22-12-16-6-8-18(9-7-16)15-28-14-17-4-2-1-3-5-17/h1-11H,12-15H2,(H,22,26)(H,23,25,27). The molecule has 7 heteroatoms. The van der Waals surface area contributed by atoms with E-state index < -0.39 is 11.2 Å². The van der Waals surface area contributed by atoms with Gasteiger partial charge in [-0.15, -0.1) is 0 Å². The van der Waals surface area contributed by atoms with Gasteiger partial charge in [-0.2, -0.15) is 0 Å². The van der Waals surface area contributed by atoms with E-state index in [9.17, 15) is 14.4 Å². The number of rotatable bonds is 8. The van der Waals surface area contributed by atoms with Crippen LogP contribution in [0.5, 0.6) is 0 Å². The van der Waals surface area contributed by atoms with Crippen LogP contribution < -0.4 is 16.6 Å². The Hall–Kier alpha value is -3.45. The number of hydrogen-bond acceptors (Lipinski definition) is 4. The summed E-state index contributed by atoms with van der Waals surface area (Å²) in [5, 5.41) is 2.75. The number of benzene rings is 2. The van der Waals surface area contributed by atoms with Crippen molar-refractivity contribution in [1.29, 1.82) is 0 Å². The van der Waals surface area contributed by atoms with Gasteiger partial charge in [-0.05, 0) is 16.7 Å². The number of ether oxygens (including phenoxy) is 1. The van der Waals surface area contributed by atoms with Gasteiger partial charge in [0.2, 0.25) is 5.91 Å². The average molecular weight is 379 g/mol. The number of amides is 1. The fourth-order valence-electron chi connectivity index (χ4n) is 2.59. The van der Waals surface area contributed by atoms with Crippen molar-refractivity contribution < 1.29 is 9.53 Å². The summed E-state index contributed by atoms with van der Waals surface area (Å²) in [5.74, 6) is -0.315. The molecule has 7 nitrogen and oxygen atoms in total. The summed E-state index contributed by atoms with van der Waals surface area (Å²) in [6.45, 7) is 1.27. The molecule has 1 amide bonds. The number of aromatic nitrogens is 2. The van der Waals surface area contributed by atoms with Crippen molar-refractivity contribution in [2.45, 2.75) is 26.3 Å². The minimum Gasteiger partial charge on any atom is -0.372 e. The highest BCUT2D eigenvalue weighted by Gasteiger charge is 2.05. The molecule has 3 aromatic rings. The van der Waals surface area contributed by atoms with Crippen LogP contribution in [0.4, 0.5) is 0 Å². The number of H-pyrrole nitrogens is 1. The van der Waals surface area contributed by atoms with Gasteiger partial charge < -0.3 is 10.1 Å². The summed E-state index contributed by atoms with van der Waals surface area (Å²) in [4.78, 5) is 36.7. The van der Waals surface area contributed by atoms with Gasteiger partial charge in [-0.25, -0.2) is 4.79 Å². The molecule has 0 saturated heterocycles. The molecule has 0 radical (unpaired) electrons. The fraction of sp³-hybridized carbons (Fsp3) is 0.190. The first kappa shape index (κ1) is 19.3. The Morgan fingerprint density at radius 2 is 1.54 bits per heavy atom. The zero-order chi connectivity index (χ0) is 19.8. The van der Waals surface area contributed by atoms with Crippen molar-refractivity contribution in [3.63, 3.8) is 0 Å². The molecular formula is C21H21N3O4. The van der Waals surface area contributed by atoms with Crippen LogP contribution in [0.15, 0.2) is 76.4 Å². The molecule has 2 N–H and O–H groups in total.